The molecule has 0 heterocycles. The molecular weight excluding hydrogens is 335 g/mol. The Hall–Kier alpha value is -0.540. The van der Waals surface area contributed by atoms with Gasteiger partial charge in [0.25, 0.3) is 0 Å². The van der Waals surface area contributed by atoms with Crippen LogP contribution < -0.4 is 0 Å². The maximum atomic E-state index is 10.2. The second-order valence-corrected chi connectivity index (χ2v) is 5.77. The van der Waals surface area contributed by atoms with Gasteiger partial charge in [-0.1, -0.05) is 51.3 Å². The van der Waals surface area contributed by atoms with E-state index in [1.807, 2.05) is 36.4 Å². The van der Waals surface area contributed by atoms with E-state index in [-0.39, 0.29) is 0 Å². The molecule has 0 aliphatic heterocycles. The van der Waals surface area contributed by atoms with E-state index in [1.165, 1.54) is 0 Å². The number of benzene rings is 2. The average molecular weight is 346 g/mol. The second-order valence-electron chi connectivity index (χ2n) is 4.01. The number of aliphatic hydroxyl groups excluding tert-OH is 1. The molecule has 2 aromatic rings. The summed E-state index contributed by atoms with van der Waals surface area (Å²) in [5.74, 6) is 0. The van der Waals surface area contributed by atoms with E-state index < -0.39 is 6.10 Å². The van der Waals surface area contributed by atoms with Crippen LogP contribution in [0, 0.1) is 0 Å². The number of hydrogen-bond acceptors (Lipinski definition) is 1. The van der Waals surface area contributed by atoms with Gasteiger partial charge >= 0.3 is 0 Å². The van der Waals surface area contributed by atoms with Gasteiger partial charge in [0.2, 0.25) is 0 Å². The Morgan fingerprint density at radius 2 is 1.72 bits per heavy atom. The molecule has 2 aromatic carbocycles. The lowest BCUT2D eigenvalue weighted by molar-refractivity contribution is 0.178. The number of halogens is 3. The fourth-order valence-electron chi connectivity index (χ4n) is 1.72. The van der Waals surface area contributed by atoms with Crippen molar-refractivity contribution < 1.29 is 5.11 Å². The van der Waals surface area contributed by atoms with Crippen molar-refractivity contribution in [2.24, 2.45) is 0 Å². The highest BCUT2D eigenvalue weighted by atomic mass is 79.9. The van der Waals surface area contributed by atoms with Crippen LogP contribution in [-0.2, 0) is 6.42 Å². The van der Waals surface area contributed by atoms with Crippen LogP contribution in [0.25, 0.3) is 0 Å². The SMILES string of the molecule is OC(Cc1ccc(Cl)cc1)c1cc(Br)ccc1Cl. The molecule has 1 N–H and O–H groups in total. The van der Waals surface area contributed by atoms with Crippen LogP contribution in [0.3, 0.4) is 0 Å². The third kappa shape index (κ3) is 3.48. The van der Waals surface area contributed by atoms with Crippen LogP contribution in [0.4, 0.5) is 0 Å². The summed E-state index contributed by atoms with van der Waals surface area (Å²) in [7, 11) is 0. The molecule has 0 amide bonds. The monoisotopic (exact) mass is 344 g/mol. The van der Waals surface area contributed by atoms with Crippen molar-refractivity contribution >= 4 is 39.1 Å². The molecule has 94 valence electrons. The molecule has 1 atom stereocenters. The minimum Gasteiger partial charge on any atom is -0.388 e. The maximum Gasteiger partial charge on any atom is 0.0845 e. The van der Waals surface area contributed by atoms with Crippen LogP contribution in [0.5, 0.6) is 0 Å². The minimum absolute atomic E-state index is 0.507. The number of rotatable bonds is 3. The zero-order valence-corrected chi connectivity index (χ0v) is 12.5. The summed E-state index contributed by atoms with van der Waals surface area (Å²) in [5, 5.41) is 11.5. The largest absolute Gasteiger partial charge is 0.388 e. The lowest BCUT2D eigenvalue weighted by Gasteiger charge is -2.13. The Balaban J connectivity index is 2.18. The van der Waals surface area contributed by atoms with E-state index >= 15 is 0 Å². The molecule has 0 aromatic heterocycles. The first-order valence-electron chi connectivity index (χ1n) is 5.44. The molecule has 0 aliphatic carbocycles. The Morgan fingerprint density at radius 3 is 2.39 bits per heavy atom. The zero-order valence-electron chi connectivity index (χ0n) is 9.41. The summed E-state index contributed by atoms with van der Waals surface area (Å²) in [6.07, 6.45) is -0.121. The highest BCUT2D eigenvalue weighted by Crippen LogP contribution is 2.28. The Bertz CT molecular complexity index is 540. The van der Waals surface area contributed by atoms with Gasteiger partial charge in [0, 0.05) is 26.5 Å². The molecule has 0 aliphatic rings. The quantitative estimate of drug-likeness (QED) is 0.826. The third-order valence-electron chi connectivity index (χ3n) is 2.66. The Morgan fingerprint density at radius 1 is 1.06 bits per heavy atom. The molecule has 2 rings (SSSR count). The van der Waals surface area contributed by atoms with E-state index in [1.54, 1.807) is 6.07 Å². The topological polar surface area (TPSA) is 20.2 Å². The van der Waals surface area contributed by atoms with Crippen molar-refractivity contribution in [2.75, 3.05) is 0 Å². The molecule has 1 nitrogen and oxygen atoms in total. The van der Waals surface area contributed by atoms with Gasteiger partial charge in [0.1, 0.15) is 0 Å². The smallest absolute Gasteiger partial charge is 0.0845 e. The molecular formula is C14H11BrCl2O. The predicted octanol–water partition coefficient (Wildman–Crippen LogP) is 5.03. The van der Waals surface area contributed by atoms with Gasteiger partial charge < -0.3 is 5.11 Å². The molecule has 1 unspecified atom stereocenters. The zero-order chi connectivity index (χ0) is 13.1. The summed E-state index contributed by atoms with van der Waals surface area (Å²) in [5.41, 5.74) is 1.74. The molecule has 0 fully saturated rings. The van der Waals surface area contributed by atoms with Crippen molar-refractivity contribution in [1.82, 2.24) is 0 Å². The highest BCUT2D eigenvalue weighted by molar-refractivity contribution is 9.10. The van der Waals surface area contributed by atoms with Gasteiger partial charge in [0.05, 0.1) is 6.10 Å². The number of aliphatic hydroxyl groups is 1. The van der Waals surface area contributed by atoms with E-state index in [0.29, 0.717) is 16.5 Å². The predicted molar refractivity (Wildman–Crippen MR) is 79.3 cm³/mol. The van der Waals surface area contributed by atoms with Crippen molar-refractivity contribution in [2.45, 2.75) is 12.5 Å². The van der Waals surface area contributed by atoms with Gasteiger partial charge in [0.15, 0.2) is 0 Å². The summed E-state index contributed by atoms with van der Waals surface area (Å²) in [6, 6.07) is 12.9. The van der Waals surface area contributed by atoms with Crippen LogP contribution in [0.1, 0.15) is 17.2 Å². The first-order chi connectivity index (χ1) is 8.56. The molecule has 0 saturated carbocycles. The van der Waals surface area contributed by atoms with Crippen molar-refractivity contribution in [3.05, 3.63) is 68.1 Å². The lowest BCUT2D eigenvalue weighted by atomic mass is 10.0. The van der Waals surface area contributed by atoms with Crippen molar-refractivity contribution in [3.8, 4) is 0 Å². The third-order valence-corrected chi connectivity index (χ3v) is 3.75. The van der Waals surface area contributed by atoms with Gasteiger partial charge in [-0.15, -0.1) is 0 Å². The van der Waals surface area contributed by atoms with Crippen LogP contribution in [0.15, 0.2) is 46.9 Å². The summed E-state index contributed by atoms with van der Waals surface area (Å²) in [4.78, 5) is 0. The van der Waals surface area contributed by atoms with Crippen LogP contribution in [0.2, 0.25) is 10.0 Å². The standard InChI is InChI=1S/C14H11BrCl2O/c15-10-3-6-13(17)12(8-10)14(18)7-9-1-4-11(16)5-2-9/h1-6,8,14,18H,7H2. The fraction of sp³-hybridized carbons (Fsp3) is 0.143. The molecule has 18 heavy (non-hydrogen) atoms. The Kier molecular flexibility index (Phi) is 4.68. The van der Waals surface area contributed by atoms with Gasteiger partial charge in [-0.25, -0.2) is 0 Å². The molecule has 0 radical (unpaired) electrons. The van der Waals surface area contributed by atoms with E-state index in [0.717, 1.165) is 15.6 Å². The summed E-state index contributed by atoms with van der Waals surface area (Å²) >= 11 is 15.3. The first-order valence-corrected chi connectivity index (χ1v) is 6.98. The fourth-order valence-corrected chi connectivity index (χ4v) is 2.47. The second kappa shape index (κ2) is 6.07. The minimum atomic E-state index is -0.629. The summed E-state index contributed by atoms with van der Waals surface area (Å²) in [6.45, 7) is 0. The molecule has 0 bridgehead atoms. The van der Waals surface area contributed by atoms with Crippen LogP contribution in [-0.4, -0.2) is 5.11 Å². The summed E-state index contributed by atoms with van der Waals surface area (Å²) < 4.78 is 0.900. The van der Waals surface area contributed by atoms with Gasteiger partial charge in [-0.2, -0.15) is 0 Å². The normalized spacial score (nSPS) is 12.4. The van der Waals surface area contributed by atoms with Crippen molar-refractivity contribution in [3.63, 3.8) is 0 Å². The lowest BCUT2D eigenvalue weighted by Crippen LogP contribution is -2.02. The molecule has 0 spiro atoms. The van der Waals surface area contributed by atoms with Crippen molar-refractivity contribution in [1.29, 1.82) is 0 Å². The van der Waals surface area contributed by atoms with E-state index in [4.69, 9.17) is 23.2 Å². The van der Waals surface area contributed by atoms with Gasteiger partial charge in [-0.05, 0) is 35.9 Å². The average Bonchev–Trinajstić information content (AvgIpc) is 2.35. The number of hydrogen-bond donors (Lipinski definition) is 1. The Labute approximate surface area is 124 Å². The first kappa shape index (κ1) is 13.9. The molecule has 4 heteroatoms. The van der Waals surface area contributed by atoms with E-state index in [9.17, 15) is 5.11 Å². The van der Waals surface area contributed by atoms with Gasteiger partial charge in [-0.3, -0.25) is 0 Å². The maximum absolute atomic E-state index is 10.2. The van der Waals surface area contributed by atoms with Crippen LogP contribution >= 0.6 is 39.1 Å². The van der Waals surface area contributed by atoms with E-state index in [2.05, 4.69) is 15.9 Å². The highest BCUT2D eigenvalue weighted by Gasteiger charge is 2.12. The molecule has 0 saturated heterocycles.